The van der Waals surface area contributed by atoms with Gasteiger partial charge in [0.1, 0.15) is 11.3 Å². The van der Waals surface area contributed by atoms with Crippen molar-refractivity contribution in [2.45, 2.75) is 13.3 Å². The van der Waals surface area contributed by atoms with Crippen LogP contribution in [0.4, 0.5) is 0 Å². The molecule has 0 aliphatic rings. The van der Waals surface area contributed by atoms with Gasteiger partial charge in [0.05, 0.1) is 19.1 Å². The number of benzene rings is 1. The number of ether oxygens (including phenoxy) is 2. The number of nitriles is 1. The van der Waals surface area contributed by atoms with Crippen LogP contribution in [0.2, 0.25) is 0 Å². The lowest BCUT2D eigenvalue weighted by Crippen LogP contribution is -2.29. The minimum absolute atomic E-state index is 0.215. The first kappa shape index (κ1) is 15.5. The number of carbonyl (C=O) groups is 2. The number of para-hydroxylation sites is 1. The van der Waals surface area contributed by atoms with E-state index in [9.17, 15) is 9.59 Å². The van der Waals surface area contributed by atoms with Gasteiger partial charge in [-0.2, -0.15) is 5.26 Å². The van der Waals surface area contributed by atoms with Crippen molar-refractivity contribution in [3.05, 3.63) is 29.8 Å². The summed E-state index contributed by atoms with van der Waals surface area (Å²) in [5.74, 6) is -0.642. The third kappa shape index (κ3) is 4.98. The van der Waals surface area contributed by atoms with Gasteiger partial charge in [0.25, 0.3) is 5.91 Å². The Balaban J connectivity index is 2.51. The molecular formula is C14H16N2O4. The molecule has 0 fully saturated rings. The van der Waals surface area contributed by atoms with E-state index in [-0.39, 0.29) is 25.1 Å². The molecule has 0 radical (unpaired) electrons. The topological polar surface area (TPSA) is 88.4 Å². The zero-order chi connectivity index (χ0) is 14.8. The van der Waals surface area contributed by atoms with Gasteiger partial charge in [-0.1, -0.05) is 12.1 Å². The average molecular weight is 276 g/mol. The number of hydrogen-bond donors (Lipinski definition) is 1. The van der Waals surface area contributed by atoms with Crippen LogP contribution in [-0.2, 0) is 9.53 Å². The Morgan fingerprint density at radius 2 is 2.10 bits per heavy atom. The number of esters is 1. The second-order valence-corrected chi connectivity index (χ2v) is 3.76. The van der Waals surface area contributed by atoms with Crippen LogP contribution in [0.5, 0.6) is 5.75 Å². The van der Waals surface area contributed by atoms with Gasteiger partial charge in [-0.25, -0.2) is 4.79 Å². The SMILES string of the molecule is CCOc1ccccc1C(=O)OCC(=O)NCCC#N. The first-order valence-electron chi connectivity index (χ1n) is 6.21. The third-order valence-corrected chi connectivity index (χ3v) is 2.30. The second-order valence-electron chi connectivity index (χ2n) is 3.76. The van der Waals surface area contributed by atoms with Crippen molar-refractivity contribution in [3.8, 4) is 11.8 Å². The number of carbonyl (C=O) groups excluding carboxylic acids is 2. The maximum absolute atomic E-state index is 11.8. The Kier molecular flexibility index (Phi) is 6.62. The van der Waals surface area contributed by atoms with Crippen LogP contribution in [0.3, 0.4) is 0 Å². The Bertz CT molecular complexity index is 508. The third-order valence-electron chi connectivity index (χ3n) is 2.30. The number of nitrogens with one attached hydrogen (secondary N) is 1. The van der Waals surface area contributed by atoms with E-state index in [4.69, 9.17) is 14.7 Å². The molecule has 106 valence electrons. The molecule has 0 saturated carbocycles. The molecule has 1 rings (SSSR count). The fourth-order valence-electron chi connectivity index (χ4n) is 1.43. The summed E-state index contributed by atoms with van der Waals surface area (Å²) in [4.78, 5) is 23.2. The van der Waals surface area contributed by atoms with Crippen molar-refractivity contribution in [2.24, 2.45) is 0 Å². The van der Waals surface area contributed by atoms with Crippen LogP contribution in [0, 0.1) is 11.3 Å². The molecule has 0 aliphatic heterocycles. The lowest BCUT2D eigenvalue weighted by Gasteiger charge is -2.09. The molecule has 0 bridgehead atoms. The molecule has 6 nitrogen and oxygen atoms in total. The highest BCUT2D eigenvalue weighted by Crippen LogP contribution is 2.18. The van der Waals surface area contributed by atoms with Gasteiger partial charge in [-0.15, -0.1) is 0 Å². The summed E-state index contributed by atoms with van der Waals surface area (Å²) >= 11 is 0. The molecule has 0 unspecified atom stereocenters. The van der Waals surface area contributed by atoms with Crippen LogP contribution >= 0.6 is 0 Å². The standard InChI is InChI=1S/C14H16N2O4/c1-2-19-12-7-4-3-6-11(12)14(18)20-10-13(17)16-9-5-8-15/h3-4,6-7H,2,5,9-10H2,1H3,(H,16,17). The number of nitrogens with zero attached hydrogens (tertiary/aromatic N) is 1. The normalized spacial score (nSPS) is 9.40. The van der Waals surface area contributed by atoms with E-state index >= 15 is 0 Å². The molecule has 1 N–H and O–H groups in total. The van der Waals surface area contributed by atoms with Crippen molar-refractivity contribution >= 4 is 11.9 Å². The van der Waals surface area contributed by atoms with Crippen LogP contribution in [0.25, 0.3) is 0 Å². The van der Waals surface area contributed by atoms with E-state index in [1.807, 2.05) is 13.0 Å². The summed E-state index contributed by atoms with van der Waals surface area (Å²) in [5.41, 5.74) is 0.277. The molecule has 6 heteroatoms. The Morgan fingerprint density at radius 3 is 2.80 bits per heavy atom. The molecule has 0 saturated heterocycles. The van der Waals surface area contributed by atoms with E-state index in [1.165, 1.54) is 0 Å². The highest BCUT2D eigenvalue weighted by Gasteiger charge is 2.14. The Morgan fingerprint density at radius 1 is 1.35 bits per heavy atom. The van der Waals surface area contributed by atoms with Gasteiger partial charge < -0.3 is 14.8 Å². The van der Waals surface area contributed by atoms with Crippen LogP contribution < -0.4 is 10.1 Å². The molecule has 0 aromatic heterocycles. The Labute approximate surface area is 117 Å². The monoisotopic (exact) mass is 276 g/mol. The molecule has 0 atom stereocenters. The van der Waals surface area contributed by atoms with Crippen LogP contribution in [0.1, 0.15) is 23.7 Å². The predicted octanol–water partition coefficient (Wildman–Crippen LogP) is 1.27. The number of rotatable bonds is 7. The summed E-state index contributed by atoms with van der Waals surface area (Å²) in [5, 5.41) is 10.8. The van der Waals surface area contributed by atoms with E-state index in [2.05, 4.69) is 5.32 Å². The maximum Gasteiger partial charge on any atom is 0.342 e. The predicted molar refractivity (Wildman–Crippen MR) is 71.1 cm³/mol. The van der Waals surface area contributed by atoms with E-state index in [0.717, 1.165) is 0 Å². The summed E-state index contributed by atoms with van der Waals surface area (Å²) in [6.07, 6.45) is 0.215. The summed E-state index contributed by atoms with van der Waals surface area (Å²) in [6.45, 7) is 2.09. The molecule has 0 heterocycles. The van der Waals surface area contributed by atoms with Crippen molar-refractivity contribution in [3.63, 3.8) is 0 Å². The molecule has 0 aliphatic carbocycles. The molecule has 1 aromatic rings. The molecule has 0 spiro atoms. The summed E-state index contributed by atoms with van der Waals surface area (Å²) in [7, 11) is 0. The lowest BCUT2D eigenvalue weighted by molar-refractivity contribution is -0.124. The molecule has 20 heavy (non-hydrogen) atoms. The minimum atomic E-state index is -0.621. The fraction of sp³-hybridized carbons (Fsp3) is 0.357. The maximum atomic E-state index is 11.8. The first-order chi connectivity index (χ1) is 9.69. The summed E-state index contributed by atoms with van der Waals surface area (Å²) in [6, 6.07) is 8.56. The smallest absolute Gasteiger partial charge is 0.342 e. The Hall–Kier alpha value is -2.55. The van der Waals surface area contributed by atoms with Gasteiger partial charge >= 0.3 is 5.97 Å². The van der Waals surface area contributed by atoms with E-state index in [0.29, 0.717) is 12.4 Å². The van der Waals surface area contributed by atoms with Crippen LogP contribution in [0.15, 0.2) is 24.3 Å². The van der Waals surface area contributed by atoms with E-state index < -0.39 is 11.9 Å². The molecule has 1 aromatic carbocycles. The lowest BCUT2D eigenvalue weighted by atomic mass is 10.2. The summed E-state index contributed by atoms with van der Waals surface area (Å²) < 4.78 is 10.2. The fourth-order valence-corrected chi connectivity index (χ4v) is 1.43. The minimum Gasteiger partial charge on any atom is -0.493 e. The zero-order valence-corrected chi connectivity index (χ0v) is 11.2. The van der Waals surface area contributed by atoms with Crippen LogP contribution in [-0.4, -0.2) is 31.6 Å². The number of hydrogen-bond acceptors (Lipinski definition) is 5. The van der Waals surface area contributed by atoms with Gasteiger partial charge in [-0.05, 0) is 19.1 Å². The first-order valence-corrected chi connectivity index (χ1v) is 6.21. The van der Waals surface area contributed by atoms with Crippen molar-refractivity contribution in [1.82, 2.24) is 5.32 Å². The van der Waals surface area contributed by atoms with Crippen molar-refractivity contribution < 1.29 is 19.1 Å². The number of amides is 1. The van der Waals surface area contributed by atoms with Gasteiger partial charge in [0, 0.05) is 6.54 Å². The largest absolute Gasteiger partial charge is 0.493 e. The zero-order valence-electron chi connectivity index (χ0n) is 11.2. The average Bonchev–Trinajstić information content (AvgIpc) is 2.46. The van der Waals surface area contributed by atoms with Gasteiger partial charge in [-0.3, -0.25) is 4.79 Å². The highest BCUT2D eigenvalue weighted by atomic mass is 16.5. The quantitative estimate of drug-likeness (QED) is 0.598. The molecular weight excluding hydrogens is 260 g/mol. The van der Waals surface area contributed by atoms with E-state index in [1.54, 1.807) is 24.3 Å². The molecule has 1 amide bonds. The van der Waals surface area contributed by atoms with Crippen molar-refractivity contribution in [1.29, 1.82) is 5.26 Å². The highest BCUT2D eigenvalue weighted by molar-refractivity contribution is 5.93. The van der Waals surface area contributed by atoms with Gasteiger partial charge in [0.2, 0.25) is 0 Å². The van der Waals surface area contributed by atoms with Crippen molar-refractivity contribution in [2.75, 3.05) is 19.8 Å². The second kappa shape index (κ2) is 8.53. The van der Waals surface area contributed by atoms with Gasteiger partial charge in [0.15, 0.2) is 6.61 Å².